The highest BCUT2D eigenvalue weighted by molar-refractivity contribution is 5.56. The molecule has 2 heteroatoms. The Morgan fingerprint density at radius 1 is 0.923 bits per heavy atom. The maximum Gasteiger partial charge on any atom is 0.121 e. The summed E-state index contributed by atoms with van der Waals surface area (Å²) in [4.78, 5) is 0. The molecule has 0 radical (unpaired) electrons. The van der Waals surface area contributed by atoms with E-state index >= 15 is 0 Å². The zero-order chi connectivity index (χ0) is 18.6. The average Bonchev–Trinajstić information content (AvgIpc) is 3.11. The average molecular weight is 351 g/mol. The van der Waals surface area contributed by atoms with Crippen LogP contribution in [0.15, 0.2) is 42.5 Å². The molecule has 138 valence electrons. The van der Waals surface area contributed by atoms with Gasteiger partial charge < -0.3 is 9.47 Å². The number of rotatable bonds is 6. The van der Waals surface area contributed by atoms with Crippen LogP contribution in [0.4, 0.5) is 0 Å². The number of benzene rings is 2. The summed E-state index contributed by atoms with van der Waals surface area (Å²) in [5, 5.41) is 0. The molecule has 2 aromatic carbocycles. The topological polar surface area (TPSA) is 18.5 Å². The first-order valence-corrected chi connectivity index (χ1v) is 9.53. The maximum atomic E-state index is 5.80. The predicted octanol–water partition coefficient (Wildman–Crippen LogP) is 5.88. The molecule has 1 saturated carbocycles. The molecule has 1 aliphatic carbocycles. The Balaban J connectivity index is 1.74. The second-order valence-electron chi connectivity index (χ2n) is 7.48. The van der Waals surface area contributed by atoms with Gasteiger partial charge in [0.1, 0.15) is 5.75 Å². The van der Waals surface area contributed by atoms with Crippen LogP contribution in [0, 0.1) is 13.8 Å². The van der Waals surface area contributed by atoms with Crippen LogP contribution in [0.5, 0.6) is 5.75 Å². The molecule has 0 N–H and O–H groups in total. The Hall–Kier alpha value is -2.06. The number of hydrogen-bond acceptors (Lipinski definition) is 2. The monoisotopic (exact) mass is 350 g/mol. The second-order valence-corrected chi connectivity index (χ2v) is 7.48. The fourth-order valence-electron chi connectivity index (χ4n) is 3.97. The first kappa shape index (κ1) is 18.7. The van der Waals surface area contributed by atoms with Crippen molar-refractivity contribution >= 4 is 6.08 Å². The Labute approximate surface area is 157 Å². The highest BCUT2D eigenvalue weighted by Crippen LogP contribution is 2.34. The highest BCUT2D eigenvalue weighted by atomic mass is 16.5. The summed E-state index contributed by atoms with van der Waals surface area (Å²) in [6.45, 7) is 4.28. The summed E-state index contributed by atoms with van der Waals surface area (Å²) in [6.07, 6.45) is 10.2. The Bertz CT molecular complexity index is 783. The minimum atomic E-state index is -0.0499. The molecule has 0 heterocycles. The van der Waals surface area contributed by atoms with Crippen LogP contribution in [0.25, 0.3) is 6.08 Å². The third kappa shape index (κ3) is 4.19. The first-order chi connectivity index (χ1) is 12.5. The van der Waals surface area contributed by atoms with E-state index < -0.39 is 0 Å². The maximum absolute atomic E-state index is 5.80. The molecule has 2 nitrogen and oxygen atoms in total. The molecule has 0 unspecified atom stereocenters. The highest BCUT2D eigenvalue weighted by Gasteiger charge is 2.30. The molecule has 3 rings (SSSR count). The SMILES string of the molecule is COc1ccc(Cc2ccc(/C=C/C3(OC)CCCC3)c(C)c2)cc1C. The van der Waals surface area contributed by atoms with Gasteiger partial charge in [0, 0.05) is 7.11 Å². The molecule has 0 aliphatic heterocycles. The van der Waals surface area contributed by atoms with Crippen molar-refractivity contribution in [3.05, 3.63) is 70.3 Å². The van der Waals surface area contributed by atoms with Crippen LogP contribution in [-0.4, -0.2) is 19.8 Å². The first-order valence-electron chi connectivity index (χ1n) is 9.53. The van der Waals surface area contributed by atoms with Crippen molar-refractivity contribution < 1.29 is 9.47 Å². The van der Waals surface area contributed by atoms with Gasteiger partial charge in [0.25, 0.3) is 0 Å². The molecule has 1 fully saturated rings. The standard InChI is InChI=1S/C24H30O2/c1-18-15-20(17-21-8-10-23(25-3)19(2)16-21)7-9-22(18)11-14-24(26-4)12-5-6-13-24/h7-11,14-16H,5-6,12-13,17H2,1-4H3/b14-11+. The number of hydrogen-bond donors (Lipinski definition) is 0. The summed E-state index contributed by atoms with van der Waals surface area (Å²) in [5.41, 5.74) is 6.38. The van der Waals surface area contributed by atoms with Gasteiger partial charge in [-0.15, -0.1) is 0 Å². The van der Waals surface area contributed by atoms with Crippen molar-refractivity contribution in [2.45, 2.75) is 51.6 Å². The van der Waals surface area contributed by atoms with Gasteiger partial charge in [0.15, 0.2) is 0 Å². The van der Waals surface area contributed by atoms with Crippen LogP contribution >= 0.6 is 0 Å². The fraction of sp³-hybridized carbons (Fsp3) is 0.417. The molecule has 1 aliphatic rings. The zero-order valence-corrected chi connectivity index (χ0v) is 16.5. The second kappa shape index (κ2) is 8.09. The minimum absolute atomic E-state index is 0.0499. The van der Waals surface area contributed by atoms with E-state index in [2.05, 4.69) is 62.4 Å². The molecular formula is C24H30O2. The Morgan fingerprint density at radius 2 is 1.58 bits per heavy atom. The van der Waals surface area contributed by atoms with Gasteiger partial charge >= 0.3 is 0 Å². The van der Waals surface area contributed by atoms with E-state index in [1.807, 2.05) is 7.11 Å². The summed E-state index contributed by atoms with van der Waals surface area (Å²) in [7, 11) is 3.55. The van der Waals surface area contributed by atoms with Crippen LogP contribution < -0.4 is 4.74 Å². The molecule has 0 spiro atoms. The van der Waals surface area contributed by atoms with Crippen molar-refractivity contribution in [2.24, 2.45) is 0 Å². The van der Waals surface area contributed by atoms with Gasteiger partial charge in [-0.05, 0) is 67.0 Å². The van der Waals surface area contributed by atoms with Crippen LogP contribution in [-0.2, 0) is 11.2 Å². The summed E-state index contributed by atoms with van der Waals surface area (Å²) in [6, 6.07) is 13.2. The van der Waals surface area contributed by atoms with Crippen LogP contribution in [0.1, 0.15) is 53.5 Å². The lowest BCUT2D eigenvalue weighted by Gasteiger charge is -2.23. The predicted molar refractivity (Wildman–Crippen MR) is 109 cm³/mol. The third-order valence-corrected chi connectivity index (χ3v) is 5.62. The quantitative estimate of drug-likeness (QED) is 0.648. The zero-order valence-electron chi connectivity index (χ0n) is 16.5. The molecule has 0 bridgehead atoms. The van der Waals surface area contributed by atoms with Crippen molar-refractivity contribution in [1.29, 1.82) is 0 Å². The Morgan fingerprint density at radius 3 is 2.15 bits per heavy atom. The largest absolute Gasteiger partial charge is 0.496 e. The minimum Gasteiger partial charge on any atom is -0.496 e. The lowest BCUT2D eigenvalue weighted by atomic mass is 9.96. The number of methoxy groups -OCH3 is 2. The number of aryl methyl sites for hydroxylation is 2. The van der Waals surface area contributed by atoms with Crippen LogP contribution in [0.3, 0.4) is 0 Å². The smallest absolute Gasteiger partial charge is 0.121 e. The third-order valence-electron chi connectivity index (χ3n) is 5.62. The van der Waals surface area contributed by atoms with E-state index in [1.165, 1.54) is 40.7 Å². The van der Waals surface area contributed by atoms with Crippen molar-refractivity contribution in [3.8, 4) is 5.75 Å². The fourth-order valence-corrected chi connectivity index (χ4v) is 3.97. The van der Waals surface area contributed by atoms with E-state index in [1.54, 1.807) is 7.11 Å². The van der Waals surface area contributed by atoms with E-state index in [0.717, 1.165) is 25.0 Å². The van der Waals surface area contributed by atoms with Gasteiger partial charge in [-0.25, -0.2) is 0 Å². The summed E-state index contributed by atoms with van der Waals surface area (Å²) < 4.78 is 11.1. The van der Waals surface area contributed by atoms with Crippen molar-refractivity contribution in [2.75, 3.05) is 14.2 Å². The van der Waals surface area contributed by atoms with Gasteiger partial charge in [0.2, 0.25) is 0 Å². The van der Waals surface area contributed by atoms with Gasteiger partial charge in [-0.1, -0.05) is 55.3 Å². The molecule has 0 aromatic heterocycles. The van der Waals surface area contributed by atoms with Gasteiger partial charge in [0.05, 0.1) is 12.7 Å². The lowest BCUT2D eigenvalue weighted by molar-refractivity contribution is 0.0394. The Kier molecular flexibility index (Phi) is 5.83. The van der Waals surface area contributed by atoms with E-state index in [0.29, 0.717) is 0 Å². The molecule has 0 atom stereocenters. The molecule has 0 saturated heterocycles. The lowest BCUT2D eigenvalue weighted by Crippen LogP contribution is -2.23. The number of ether oxygens (including phenoxy) is 2. The van der Waals surface area contributed by atoms with Crippen LogP contribution in [0.2, 0.25) is 0 Å². The van der Waals surface area contributed by atoms with E-state index in [-0.39, 0.29) is 5.60 Å². The summed E-state index contributed by atoms with van der Waals surface area (Å²) in [5.74, 6) is 0.949. The molecule has 2 aromatic rings. The van der Waals surface area contributed by atoms with Gasteiger partial charge in [-0.3, -0.25) is 0 Å². The molecule has 0 amide bonds. The normalized spacial score (nSPS) is 16.3. The molecular weight excluding hydrogens is 320 g/mol. The van der Waals surface area contributed by atoms with Gasteiger partial charge in [-0.2, -0.15) is 0 Å². The van der Waals surface area contributed by atoms with E-state index in [4.69, 9.17) is 9.47 Å². The van der Waals surface area contributed by atoms with Crippen molar-refractivity contribution in [3.63, 3.8) is 0 Å². The molecule has 26 heavy (non-hydrogen) atoms. The van der Waals surface area contributed by atoms with E-state index in [9.17, 15) is 0 Å². The van der Waals surface area contributed by atoms with Crippen molar-refractivity contribution in [1.82, 2.24) is 0 Å². The summed E-state index contributed by atoms with van der Waals surface area (Å²) >= 11 is 0.